The van der Waals surface area contributed by atoms with Crippen molar-refractivity contribution >= 4 is 11.8 Å². The molecule has 0 spiro atoms. The van der Waals surface area contributed by atoms with Crippen LogP contribution in [-0.4, -0.2) is 46.9 Å². The van der Waals surface area contributed by atoms with Gasteiger partial charge in [0.25, 0.3) is 5.91 Å². The van der Waals surface area contributed by atoms with Crippen molar-refractivity contribution in [2.45, 2.75) is 20.4 Å². The van der Waals surface area contributed by atoms with Crippen molar-refractivity contribution in [3.63, 3.8) is 0 Å². The van der Waals surface area contributed by atoms with Gasteiger partial charge in [0.1, 0.15) is 0 Å². The van der Waals surface area contributed by atoms with Crippen LogP contribution in [-0.2, 0) is 11.3 Å². The first-order valence-corrected chi connectivity index (χ1v) is 6.01. The molecule has 1 rings (SSSR count). The van der Waals surface area contributed by atoms with E-state index in [4.69, 9.17) is 5.73 Å². The molecule has 19 heavy (non-hydrogen) atoms. The standard InChI is InChI=1S/C11H20N6O2/c1-11(2,10(19)13-3)7-14-9(18)8-6-17(5-4-12)16-15-8/h6H,4-5,7,12H2,1-3H3,(H,13,19)(H,14,18). The van der Waals surface area contributed by atoms with E-state index in [2.05, 4.69) is 20.9 Å². The first-order valence-electron chi connectivity index (χ1n) is 6.01. The third kappa shape index (κ3) is 4.02. The highest BCUT2D eigenvalue weighted by Crippen LogP contribution is 2.13. The monoisotopic (exact) mass is 268 g/mol. The average Bonchev–Trinajstić information content (AvgIpc) is 2.84. The minimum absolute atomic E-state index is 0.139. The van der Waals surface area contributed by atoms with Crippen LogP contribution in [0, 0.1) is 5.41 Å². The first kappa shape index (κ1) is 15.1. The summed E-state index contributed by atoms with van der Waals surface area (Å²) in [7, 11) is 1.56. The van der Waals surface area contributed by atoms with E-state index in [9.17, 15) is 9.59 Å². The average molecular weight is 268 g/mol. The molecule has 0 aliphatic rings. The highest BCUT2D eigenvalue weighted by atomic mass is 16.2. The van der Waals surface area contributed by atoms with Gasteiger partial charge in [0.2, 0.25) is 5.91 Å². The zero-order valence-corrected chi connectivity index (χ0v) is 11.4. The van der Waals surface area contributed by atoms with E-state index in [1.54, 1.807) is 20.9 Å². The molecule has 0 radical (unpaired) electrons. The molecule has 2 amide bonds. The van der Waals surface area contributed by atoms with Crippen LogP contribution >= 0.6 is 0 Å². The van der Waals surface area contributed by atoms with Crippen LogP contribution in [0.5, 0.6) is 0 Å². The van der Waals surface area contributed by atoms with Crippen LogP contribution in [0.3, 0.4) is 0 Å². The highest BCUT2D eigenvalue weighted by molar-refractivity contribution is 5.92. The van der Waals surface area contributed by atoms with E-state index < -0.39 is 5.41 Å². The Morgan fingerprint density at radius 1 is 1.47 bits per heavy atom. The number of hydrogen-bond acceptors (Lipinski definition) is 5. The van der Waals surface area contributed by atoms with Gasteiger partial charge >= 0.3 is 0 Å². The predicted molar refractivity (Wildman–Crippen MR) is 69.3 cm³/mol. The molecule has 0 atom stereocenters. The van der Waals surface area contributed by atoms with E-state index in [-0.39, 0.29) is 24.1 Å². The fourth-order valence-corrected chi connectivity index (χ4v) is 1.45. The Morgan fingerprint density at radius 2 is 2.16 bits per heavy atom. The lowest BCUT2D eigenvalue weighted by atomic mass is 9.92. The van der Waals surface area contributed by atoms with Gasteiger partial charge in [-0.25, -0.2) is 0 Å². The third-order valence-corrected chi connectivity index (χ3v) is 2.66. The summed E-state index contributed by atoms with van der Waals surface area (Å²) >= 11 is 0. The molecule has 1 aromatic heterocycles. The molecule has 0 fully saturated rings. The van der Waals surface area contributed by atoms with E-state index in [1.165, 1.54) is 10.9 Å². The van der Waals surface area contributed by atoms with Gasteiger partial charge in [-0.3, -0.25) is 14.3 Å². The summed E-state index contributed by atoms with van der Waals surface area (Å²) in [6.07, 6.45) is 1.52. The van der Waals surface area contributed by atoms with Gasteiger partial charge in [0.05, 0.1) is 18.2 Å². The molecule has 0 aliphatic carbocycles. The van der Waals surface area contributed by atoms with Crippen molar-refractivity contribution < 1.29 is 9.59 Å². The molecule has 1 heterocycles. The SMILES string of the molecule is CNC(=O)C(C)(C)CNC(=O)c1cn(CCN)nn1. The Balaban J connectivity index is 2.57. The zero-order valence-electron chi connectivity index (χ0n) is 11.4. The second-order valence-electron chi connectivity index (χ2n) is 4.80. The number of nitrogens with zero attached hydrogens (tertiary/aromatic N) is 3. The molecule has 0 unspecified atom stereocenters. The summed E-state index contributed by atoms with van der Waals surface area (Å²) in [5.74, 6) is -0.500. The molecule has 0 aromatic carbocycles. The van der Waals surface area contributed by atoms with Crippen molar-refractivity contribution in [2.24, 2.45) is 11.1 Å². The van der Waals surface area contributed by atoms with Gasteiger partial charge in [-0.1, -0.05) is 5.21 Å². The molecule has 0 bridgehead atoms. The van der Waals surface area contributed by atoms with Gasteiger partial charge in [-0.05, 0) is 13.8 Å². The molecule has 8 nitrogen and oxygen atoms in total. The van der Waals surface area contributed by atoms with Crippen LogP contribution in [0.25, 0.3) is 0 Å². The van der Waals surface area contributed by atoms with Gasteiger partial charge in [-0.2, -0.15) is 0 Å². The van der Waals surface area contributed by atoms with Gasteiger partial charge in [0, 0.05) is 20.1 Å². The molecule has 4 N–H and O–H groups in total. The second kappa shape index (κ2) is 6.28. The van der Waals surface area contributed by atoms with Crippen molar-refractivity contribution in [1.82, 2.24) is 25.6 Å². The number of amides is 2. The predicted octanol–water partition coefficient (Wildman–Crippen LogP) is -1.26. The summed E-state index contributed by atoms with van der Waals surface area (Å²) in [6.45, 7) is 4.64. The van der Waals surface area contributed by atoms with Gasteiger partial charge in [-0.15, -0.1) is 5.10 Å². The zero-order chi connectivity index (χ0) is 14.5. The molecule has 0 aliphatic heterocycles. The molecule has 106 valence electrons. The summed E-state index contributed by atoms with van der Waals surface area (Å²) < 4.78 is 1.50. The summed E-state index contributed by atoms with van der Waals surface area (Å²) in [5.41, 5.74) is 4.90. The summed E-state index contributed by atoms with van der Waals surface area (Å²) in [5, 5.41) is 12.7. The van der Waals surface area contributed by atoms with Crippen molar-refractivity contribution in [3.05, 3.63) is 11.9 Å². The summed E-state index contributed by atoms with van der Waals surface area (Å²) in [4.78, 5) is 23.4. The smallest absolute Gasteiger partial charge is 0.273 e. The lowest BCUT2D eigenvalue weighted by molar-refractivity contribution is -0.128. The molecule has 0 saturated carbocycles. The Hall–Kier alpha value is -1.96. The fourth-order valence-electron chi connectivity index (χ4n) is 1.45. The van der Waals surface area contributed by atoms with E-state index in [0.29, 0.717) is 13.1 Å². The van der Waals surface area contributed by atoms with Crippen LogP contribution in [0.2, 0.25) is 0 Å². The van der Waals surface area contributed by atoms with E-state index in [1.807, 2.05) is 0 Å². The van der Waals surface area contributed by atoms with Crippen LogP contribution in [0.15, 0.2) is 6.20 Å². The van der Waals surface area contributed by atoms with Crippen molar-refractivity contribution in [3.8, 4) is 0 Å². The van der Waals surface area contributed by atoms with Crippen molar-refractivity contribution in [2.75, 3.05) is 20.1 Å². The van der Waals surface area contributed by atoms with E-state index >= 15 is 0 Å². The number of hydrogen-bond donors (Lipinski definition) is 3. The largest absolute Gasteiger partial charge is 0.359 e. The number of nitrogens with two attached hydrogens (primary N) is 1. The number of rotatable bonds is 6. The first-order chi connectivity index (χ1) is 8.90. The Bertz CT molecular complexity index is 454. The molecule has 1 aromatic rings. The Kier molecular flexibility index (Phi) is 4.99. The number of nitrogens with one attached hydrogen (secondary N) is 2. The quantitative estimate of drug-likeness (QED) is 0.595. The normalized spacial score (nSPS) is 11.2. The van der Waals surface area contributed by atoms with Crippen LogP contribution in [0.4, 0.5) is 0 Å². The maximum absolute atomic E-state index is 11.8. The number of aromatic nitrogens is 3. The molecular weight excluding hydrogens is 248 g/mol. The minimum Gasteiger partial charge on any atom is -0.359 e. The maximum Gasteiger partial charge on any atom is 0.273 e. The molecule has 8 heteroatoms. The molecular formula is C11H20N6O2. The maximum atomic E-state index is 11.8. The number of carbonyl (C=O) groups is 2. The number of carbonyl (C=O) groups excluding carboxylic acids is 2. The topological polar surface area (TPSA) is 115 Å². The second-order valence-corrected chi connectivity index (χ2v) is 4.80. The van der Waals surface area contributed by atoms with E-state index in [0.717, 1.165) is 0 Å². The fraction of sp³-hybridized carbons (Fsp3) is 0.636. The summed E-state index contributed by atoms with van der Waals surface area (Å²) in [6, 6.07) is 0. The Morgan fingerprint density at radius 3 is 2.74 bits per heavy atom. The minimum atomic E-state index is -0.683. The highest BCUT2D eigenvalue weighted by Gasteiger charge is 2.27. The lowest BCUT2D eigenvalue weighted by Crippen LogP contribution is -2.43. The van der Waals surface area contributed by atoms with Crippen molar-refractivity contribution in [1.29, 1.82) is 0 Å². The Labute approximate surface area is 111 Å². The lowest BCUT2D eigenvalue weighted by Gasteiger charge is -2.22. The third-order valence-electron chi connectivity index (χ3n) is 2.66. The van der Waals surface area contributed by atoms with Crippen LogP contribution < -0.4 is 16.4 Å². The molecule has 0 saturated heterocycles. The van der Waals surface area contributed by atoms with Crippen LogP contribution in [0.1, 0.15) is 24.3 Å². The van der Waals surface area contributed by atoms with Gasteiger partial charge in [0.15, 0.2) is 5.69 Å². The van der Waals surface area contributed by atoms with Gasteiger partial charge < -0.3 is 16.4 Å².